The number of thioether (sulfide) groups is 1. The van der Waals surface area contributed by atoms with E-state index in [-0.39, 0.29) is 29.4 Å². The van der Waals surface area contributed by atoms with Crippen molar-refractivity contribution in [3.63, 3.8) is 0 Å². The fraction of sp³-hybridized carbons (Fsp3) is 0.400. The zero-order valence-corrected chi connectivity index (χ0v) is 10.8. The molecule has 0 spiro atoms. The molecule has 0 radical (unpaired) electrons. The Morgan fingerprint density at radius 2 is 2.29 bits per heavy atom. The highest BCUT2D eigenvalue weighted by atomic mass is 35.5. The van der Waals surface area contributed by atoms with E-state index in [2.05, 4.69) is 0 Å². The maximum absolute atomic E-state index is 11.5. The van der Waals surface area contributed by atoms with E-state index in [1.165, 1.54) is 16.7 Å². The van der Waals surface area contributed by atoms with E-state index >= 15 is 0 Å². The van der Waals surface area contributed by atoms with Crippen LogP contribution >= 0.6 is 24.2 Å². The van der Waals surface area contributed by atoms with Crippen LogP contribution in [0.4, 0.5) is 0 Å². The molecule has 0 aromatic rings. The highest BCUT2D eigenvalue weighted by molar-refractivity contribution is 8.00. The van der Waals surface area contributed by atoms with Crippen molar-refractivity contribution in [2.45, 2.75) is 18.3 Å². The minimum atomic E-state index is -1.07. The highest BCUT2D eigenvalue weighted by Crippen LogP contribution is 2.39. The molecule has 2 aliphatic heterocycles. The van der Waals surface area contributed by atoms with Crippen molar-refractivity contribution < 1.29 is 14.7 Å². The van der Waals surface area contributed by atoms with Gasteiger partial charge in [-0.05, 0) is 12.5 Å². The van der Waals surface area contributed by atoms with Crippen LogP contribution in [0.25, 0.3) is 0 Å². The van der Waals surface area contributed by atoms with Gasteiger partial charge in [0, 0.05) is 5.75 Å². The number of rotatable bonds is 2. The monoisotopic (exact) mass is 276 g/mol. The number of carbonyl (C=O) groups excluding carboxylic acids is 1. The molecule has 17 heavy (non-hydrogen) atoms. The number of carboxylic acids is 1. The first-order chi connectivity index (χ1) is 7.57. The Balaban J connectivity index is 0.00000144. The number of halogens is 1. The number of nitrogens with zero attached hydrogens (tertiary/aromatic N) is 1. The second-order valence-corrected chi connectivity index (χ2v) is 4.72. The van der Waals surface area contributed by atoms with Crippen molar-refractivity contribution in [3.05, 3.63) is 23.4 Å². The molecule has 0 bridgehead atoms. The number of carbonyl (C=O) groups is 2. The third-order valence-electron chi connectivity index (χ3n) is 2.61. The Hall–Kier alpha value is -0.980. The van der Waals surface area contributed by atoms with E-state index in [1.807, 2.05) is 6.92 Å². The molecule has 94 valence electrons. The van der Waals surface area contributed by atoms with Crippen LogP contribution in [-0.4, -0.2) is 39.1 Å². The van der Waals surface area contributed by atoms with Gasteiger partial charge in [-0.25, -0.2) is 4.79 Å². The molecule has 1 fully saturated rings. The first kappa shape index (κ1) is 14.1. The number of carboxylic acid groups (broad SMARTS) is 1. The Morgan fingerprint density at radius 1 is 1.65 bits per heavy atom. The molecule has 2 unspecified atom stereocenters. The SMILES string of the molecule is C/C=C/C1=C(C(=O)O)N2C(=O)C(N)C2SC1.Cl. The predicted molar refractivity (Wildman–Crippen MR) is 67.8 cm³/mol. The molecule has 7 heteroatoms. The molecule has 0 saturated carbocycles. The van der Waals surface area contributed by atoms with E-state index in [0.29, 0.717) is 11.3 Å². The fourth-order valence-electron chi connectivity index (χ4n) is 1.87. The van der Waals surface area contributed by atoms with Gasteiger partial charge in [0.15, 0.2) is 0 Å². The van der Waals surface area contributed by atoms with Gasteiger partial charge in [-0.3, -0.25) is 9.69 Å². The number of nitrogens with two attached hydrogens (primary N) is 1. The van der Waals surface area contributed by atoms with Crippen LogP contribution in [0.5, 0.6) is 0 Å². The first-order valence-corrected chi connectivity index (χ1v) is 5.92. The van der Waals surface area contributed by atoms with Crippen LogP contribution in [-0.2, 0) is 9.59 Å². The quantitative estimate of drug-likeness (QED) is 0.720. The van der Waals surface area contributed by atoms with Crippen molar-refractivity contribution in [2.75, 3.05) is 5.75 Å². The molecule has 5 nitrogen and oxygen atoms in total. The number of fused-ring (bicyclic) bond motifs is 1. The Labute approximate surface area is 109 Å². The molecule has 1 saturated heterocycles. The van der Waals surface area contributed by atoms with E-state index in [9.17, 15) is 9.59 Å². The third kappa shape index (κ3) is 2.08. The summed E-state index contributed by atoms with van der Waals surface area (Å²) in [5.74, 6) is -0.802. The van der Waals surface area contributed by atoms with Crippen molar-refractivity contribution in [3.8, 4) is 0 Å². The summed E-state index contributed by atoms with van der Waals surface area (Å²) >= 11 is 1.50. The number of aliphatic carboxylic acids is 1. The van der Waals surface area contributed by atoms with Gasteiger partial charge in [0.2, 0.25) is 5.91 Å². The van der Waals surface area contributed by atoms with Gasteiger partial charge in [-0.15, -0.1) is 24.2 Å². The second kappa shape index (κ2) is 5.12. The van der Waals surface area contributed by atoms with E-state index < -0.39 is 12.0 Å². The largest absolute Gasteiger partial charge is 0.477 e. The number of β-lactam (4-membered cyclic amide) rings is 1. The lowest BCUT2D eigenvalue weighted by molar-refractivity contribution is -0.147. The summed E-state index contributed by atoms with van der Waals surface area (Å²) in [5.41, 5.74) is 6.35. The summed E-state index contributed by atoms with van der Waals surface area (Å²) in [5, 5.41) is 8.91. The summed E-state index contributed by atoms with van der Waals surface area (Å²) < 4.78 is 0. The zero-order chi connectivity index (χ0) is 11.9. The minimum absolute atomic E-state index is 0. The molecular formula is C10H13ClN2O3S. The van der Waals surface area contributed by atoms with Gasteiger partial charge < -0.3 is 10.8 Å². The van der Waals surface area contributed by atoms with Crippen molar-refractivity contribution in [2.24, 2.45) is 5.73 Å². The standard InChI is InChI=1S/C10H12N2O3S.ClH/c1-2-3-5-4-16-9-6(11)8(13)12(9)7(5)10(14)15;/h2-3,6,9H,4,11H2,1H3,(H,14,15);1H/b3-2+;. The first-order valence-electron chi connectivity index (χ1n) is 4.87. The Morgan fingerprint density at radius 3 is 2.82 bits per heavy atom. The fourth-order valence-corrected chi connectivity index (χ4v) is 3.13. The topological polar surface area (TPSA) is 83.6 Å². The van der Waals surface area contributed by atoms with E-state index in [4.69, 9.17) is 10.8 Å². The summed E-state index contributed by atoms with van der Waals surface area (Å²) in [6, 6.07) is -0.563. The molecule has 2 heterocycles. The van der Waals surface area contributed by atoms with Crippen LogP contribution in [0, 0.1) is 0 Å². The molecule has 0 aromatic carbocycles. The van der Waals surface area contributed by atoms with Crippen LogP contribution in [0.3, 0.4) is 0 Å². The minimum Gasteiger partial charge on any atom is -0.477 e. The second-order valence-electron chi connectivity index (χ2n) is 3.61. The Kier molecular flexibility index (Phi) is 4.24. The number of allylic oxidation sites excluding steroid dienone is 2. The maximum Gasteiger partial charge on any atom is 0.352 e. The maximum atomic E-state index is 11.5. The smallest absolute Gasteiger partial charge is 0.352 e. The average Bonchev–Trinajstić information content (AvgIpc) is 2.27. The van der Waals surface area contributed by atoms with Crippen molar-refractivity contribution in [1.29, 1.82) is 0 Å². The van der Waals surface area contributed by atoms with Crippen LogP contribution in [0.1, 0.15) is 6.92 Å². The molecule has 3 N–H and O–H groups in total. The molecule has 1 amide bonds. The molecule has 0 aromatic heterocycles. The highest BCUT2D eigenvalue weighted by Gasteiger charge is 2.51. The molecule has 0 aliphatic carbocycles. The Bertz CT molecular complexity index is 422. The van der Waals surface area contributed by atoms with Crippen LogP contribution in [0.15, 0.2) is 23.4 Å². The van der Waals surface area contributed by atoms with Gasteiger partial charge in [-0.1, -0.05) is 12.2 Å². The van der Waals surface area contributed by atoms with E-state index in [1.54, 1.807) is 12.2 Å². The predicted octanol–water partition coefficient (Wildman–Crippen LogP) is 0.565. The summed E-state index contributed by atoms with van der Waals surface area (Å²) in [6.45, 7) is 1.81. The molecule has 2 rings (SSSR count). The third-order valence-corrected chi connectivity index (χ3v) is 3.93. The number of hydrogen-bond acceptors (Lipinski definition) is 4. The summed E-state index contributed by atoms with van der Waals surface area (Å²) in [6.07, 6.45) is 3.49. The zero-order valence-electron chi connectivity index (χ0n) is 9.12. The number of amides is 1. The summed E-state index contributed by atoms with van der Waals surface area (Å²) in [7, 11) is 0. The van der Waals surface area contributed by atoms with Gasteiger partial charge in [0.1, 0.15) is 17.1 Å². The normalized spacial score (nSPS) is 27.6. The molecular weight excluding hydrogens is 264 g/mol. The van der Waals surface area contributed by atoms with Crippen molar-refractivity contribution >= 4 is 36.0 Å². The van der Waals surface area contributed by atoms with Gasteiger partial charge in [-0.2, -0.15) is 0 Å². The lowest BCUT2D eigenvalue weighted by Crippen LogP contribution is -2.68. The van der Waals surface area contributed by atoms with Gasteiger partial charge in [0.25, 0.3) is 0 Å². The van der Waals surface area contributed by atoms with Gasteiger partial charge in [0.05, 0.1) is 0 Å². The van der Waals surface area contributed by atoms with Crippen LogP contribution < -0.4 is 5.73 Å². The molecule has 2 atom stereocenters. The number of hydrogen-bond donors (Lipinski definition) is 2. The lowest BCUT2D eigenvalue weighted by atomic mass is 10.0. The van der Waals surface area contributed by atoms with Gasteiger partial charge >= 0.3 is 5.97 Å². The lowest BCUT2D eigenvalue weighted by Gasteiger charge is -2.47. The molecule has 2 aliphatic rings. The summed E-state index contributed by atoms with van der Waals surface area (Å²) in [4.78, 5) is 24.0. The van der Waals surface area contributed by atoms with Crippen LogP contribution in [0.2, 0.25) is 0 Å². The van der Waals surface area contributed by atoms with E-state index in [0.717, 1.165) is 0 Å². The van der Waals surface area contributed by atoms with Crippen molar-refractivity contribution in [1.82, 2.24) is 4.90 Å². The average molecular weight is 277 g/mol.